The summed E-state index contributed by atoms with van der Waals surface area (Å²) in [5, 5.41) is 17.2. The van der Waals surface area contributed by atoms with Gasteiger partial charge in [0.15, 0.2) is 0 Å². The largest absolute Gasteiger partial charge is 0.480 e. The summed E-state index contributed by atoms with van der Waals surface area (Å²) < 4.78 is 44.5. The molecule has 0 radical (unpaired) electrons. The highest BCUT2D eigenvalue weighted by atomic mass is 35.5. The van der Waals surface area contributed by atoms with Crippen LogP contribution in [0.5, 0.6) is 0 Å². The molecule has 0 saturated carbocycles. The Balaban J connectivity index is 2.42. The smallest absolute Gasteiger partial charge is 0.340 e. The van der Waals surface area contributed by atoms with Gasteiger partial charge in [-0.25, -0.2) is 10.2 Å². The Bertz CT molecular complexity index is 595. The molecule has 3 unspecified atom stereocenters. The number of thioether (sulfide) groups is 1. The van der Waals surface area contributed by atoms with Crippen LogP contribution in [0.3, 0.4) is 0 Å². The van der Waals surface area contributed by atoms with Crippen LogP contribution in [-0.2, 0) is 28.2 Å². The summed E-state index contributed by atoms with van der Waals surface area (Å²) in [6, 6.07) is -0.589. The predicted molar refractivity (Wildman–Crippen MR) is 101 cm³/mol. The Morgan fingerprint density at radius 1 is 1.38 bits per heavy atom. The summed E-state index contributed by atoms with van der Waals surface area (Å²) in [7, 11) is -7.01. The zero-order chi connectivity index (χ0) is 19.6. The SMILES string of the molecule is CS(=O)(=O)OCCNP(=O)(NCCCl)OCCC1NC(C(=O)O)CCS1. The Kier molecular flexibility index (Phi) is 11.0. The number of rotatable bonds is 13. The molecule has 3 atom stereocenters. The van der Waals surface area contributed by atoms with Crippen LogP contribution in [0.15, 0.2) is 0 Å². The lowest BCUT2D eigenvalue weighted by molar-refractivity contribution is -0.139. The van der Waals surface area contributed by atoms with Crippen molar-refractivity contribution >= 4 is 47.1 Å². The van der Waals surface area contributed by atoms with Gasteiger partial charge in [0.25, 0.3) is 10.1 Å². The van der Waals surface area contributed by atoms with E-state index in [1.165, 1.54) is 0 Å². The summed E-state index contributed by atoms with van der Waals surface area (Å²) >= 11 is 7.17. The molecule has 0 amide bonds. The van der Waals surface area contributed by atoms with E-state index < -0.39 is 29.8 Å². The maximum Gasteiger partial charge on any atom is 0.340 e. The first-order valence-corrected chi connectivity index (χ1v) is 12.9. The van der Waals surface area contributed by atoms with Crippen molar-refractivity contribution in [1.29, 1.82) is 0 Å². The number of carboxylic acid groups (broad SMARTS) is 1. The minimum absolute atomic E-state index is 0.00283. The van der Waals surface area contributed by atoms with E-state index in [0.717, 1.165) is 12.0 Å². The van der Waals surface area contributed by atoms with Crippen molar-refractivity contribution in [3.8, 4) is 0 Å². The average molecular weight is 454 g/mol. The molecule has 0 aromatic rings. The monoisotopic (exact) mass is 453 g/mol. The third-order valence-corrected chi connectivity index (χ3v) is 7.05. The van der Waals surface area contributed by atoms with E-state index in [1.807, 2.05) is 0 Å². The van der Waals surface area contributed by atoms with E-state index in [0.29, 0.717) is 12.8 Å². The molecule has 4 N–H and O–H groups in total. The zero-order valence-electron chi connectivity index (χ0n) is 14.3. The normalized spacial score (nSPS) is 23.5. The minimum atomic E-state index is -3.57. The number of nitrogens with one attached hydrogen (secondary N) is 3. The van der Waals surface area contributed by atoms with Crippen molar-refractivity contribution < 1.29 is 31.6 Å². The Morgan fingerprint density at radius 2 is 2.08 bits per heavy atom. The number of carbonyl (C=O) groups is 1. The van der Waals surface area contributed by atoms with Gasteiger partial charge in [0.2, 0.25) is 0 Å². The first-order chi connectivity index (χ1) is 12.2. The first kappa shape index (κ1) is 24.1. The minimum Gasteiger partial charge on any atom is -0.480 e. The summed E-state index contributed by atoms with van der Waals surface area (Å²) in [5.41, 5.74) is 0. The van der Waals surface area contributed by atoms with Gasteiger partial charge in [-0.15, -0.1) is 23.4 Å². The Labute approximate surface area is 162 Å². The zero-order valence-corrected chi connectivity index (χ0v) is 17.6. The van der Waals surface area contributed by atoms with Gasteiger partial charge in [-0.3, -0.25) is 18.9 Å². The van der Waals surface area contributed by atoms with Crippen LogP contribution in [0.2, 0.25) is 0 Å². The number of hydrogen-bond donors (Lipinski definition) is 4. The molecule has 1 fully saturated rings. The number of aliphatic carboxylic acids is 1. The van der Waals surface area contributed by atoms with Crippen LogP contribution in [0, 0.1) is 0 Å². The van der Waals surface area contributed by atoms with E-state index in [4.69, 9.17) is 21.2 Å². The Hall–Kier alpha value is 0.0900. The molecule has 0 aromatic heterocycles. The number of hydrogen-bond acceptors (Lipinski definition) is 8. The molecule has 10 nitrogen and oxygen atoms in total. The van der Waals surface area contributed by atoms with E-state index >= 15 is 0 Å². The second-order valence-corrected chi connectivity index (χ2v) is 10.7. The summed E-state index contributed by atoms with van der Waals surface area (Å²) in [4.78, 5) is 11.0. The lowest BCUT2D eigenvalue weighted by Gasteiger charge is -2.28. The standard InChI is InChI=1S/C12H25ClN3O7PS2/c1-26(20,21)23-8-6-15-24(19,14-5-4-13)22-7-2-11-16-10(12(17)18)3-9-25-11/h10-11,16H,2-9H2,1H3,(H,17,18)(H2,14,15,19). The fourth-order valence-electron chi connectivity index (χ4n) is 2.06. The molecule has 1 rings (SSSR count). The molecular formula is C12H25ClN3O7PS2. The van der Waals surface area contributed by atoms with Gasteiger partial charge >= 0.3 is 13.6 Å². The summed E-state index contributed by atoms with van der Waals surface area (Å²) in [6.07, 6.45) is 1.94. The van der Waals surface area contributed by atoms with Gasteiger partial charge in [-0.1, -0.05) is 0 Å². The molecule has 14 heteroatoms. The summed E-state index contributed by atoms with van der Waals surface area (Å²) in [6.45, 7) is 0.159. The molecule has 154 valence electrons. The van der Waals surface area contributed by atoms with Gasteiger partial charge < -0.3 is 9.63 Å². The van der Waals surface area contributed by atoms with Gasteiger partial charge in [0, 0.05) is 19.0 Å². The van der Waals surface area contributed by atoms with Crippen LogP contribution < -0.4 is 15.5 Å². The fourth-order valence-corrected chi connectivity index (χ4v) is 5.30. The number of halogens is 1. The highest BCUT2D eigenvalue weighted by Gasteiger charge is 2.27. The maximum atomic E-state index is 12.7. The second-order valence-electron chi connectivity index (χ2n) is 5.41. The highest BCUT2D eigenvalue weighted by Crippen LogP contribution is 2.37. The molecule has 26 heavy (non-hydrogen) atoms. The lowest BCUT2D eigenvalue weighted by atomic mass is 10.2. The van der Waals surface area contributed by atoms with Crippen LogP contribution >= 0.6 is 31.0 Å². The second kappa shape index (κ2) is 11.8. The van der Waals surface area contributed by atoms with E-state index in [2.05, 4.69) is 19.7 Å². The molecule has 0 bridgehead atoms. The van der Waals surface area contributed by atoms with Gasteiger partial charge in [-0.2, -0.15) is 8.42 Å². The number of alkyl halides is 1. The molecule has 1 heterocycles. The van der Waals surface area contributed by atoms with E-state index in [-0.39, 0.29) is 37.6 Å². The highest BCUT2D eigenvalue weighted by molar-refractivity contribution is 7.99. The van der Waals surface area contributed by atoms with Crippen molar-refractivity contribution in [3.63, 3.8) is 0 Å². The van der Waals surface area contributed by atoms with Crippen molar-refractivity contribution in [3.05, 3.63) is 0 Å². The van der Waals surface area contributed by atoms with E-state index in [1.54, 1.807) is 11.8 Å². The average Bonchev–Trinajstić information content (AvgIpc) is 2.57. The van der Waals surface area contributed by atoms with Crippen molar-refractivity contribution in [1.82, 2.24) is 15.5 Å². The van der Waals surface area contributed by atoms with Crippen molar-refractivity contribution in [2.75, 3.05) is 44.2 Å². The van der Waals surface area contributed by atoms with Crippen LogP contribution in [0.1, 0.15) is 12.8 Å². The molecule has 1 aliphatic heterocycles. The van der Waals surface area contributed by atoms with Gasteiger partial charge in [0.05, 0.1) is 24.8 Å². The van der Waals surface area contributed by atoms with Crippen LogP contribution in [-0.4, -0.2) is 75.1 Å². The van der Waals surface area contributed by atoms with Crippen LogP contribution in [0.25, 0.3) is 0 Å². The van der Waals surface area contributed by atoms with Gasteiger partial charge in [0.1, 0.15) is 6.04 Å². The quantitative estimate of drug-likeness (QED) is 0.133. The molecule has 0 aromatic carbocycles. The fraction of sp³-hybridized carbons (Fsp3) is 0.917. The van der Waals surface area contributed by atoms with Gasteiger partial charge in [-0.05, 0) is 18.6 Å². The maximum absolute atomic E-state index is 12.7. The molecule has 0 spiro atoms. The summed E-state index contributed by atoms with van der Waals surface area (Å²) in [5.74, 6) is 0.0470. The van der Waals surface area contributed by atoms with Crippen molar-refractivity contribution in [2.24, 2.45) is 0 Å². The van der Waals surface area contributed by atoms with Crippen molar-refractivity contribution in [2.45, 2.75) is 24.3 Å². The number of carboxylic acids is 1. The van der Waals surface area contributed by atoms with Crippen LogP contribution in [0.4, 0.5) is 0 Å². The lowest BCUT2D eigenvalue weighted by Crippen LogP contribution is -2.46. The molecule has 1 aliphatic rings. The third kappa shape index (κ3) is 10.4. The predicted octanol–water partition coefficient (Wildman–Crippen LogP) is 0.401. The first-order valence-electron chi connectivity index (χ1n) is 7.91. The topological polar surface area (TPSA) is 143 Å². The molecule has 1 saturated heterocycles. The Morgan fingerprint density at radius 3 is 2.69 bits per heavy atom. The third-order valence-electron chi connectivity index (χ3n) is 3.20. The molecule has 0 aliphatic carbocycles. The molecular weight excluding hydrogens is 429 g/mol. The van der Waals surface area contributed by atoms with E-state index in [9.17, 15) is 17.8 Å².